The van der Waals surface area contributed by atoms with E-state index >= 15 is 0 Å². The van der Waals surface area contributed by atoms with Gasteiger partial charge in [-0.2, -0.15) is 0 Å². The molecule has 32 heavy (non-hydrogen) atoms. The molecule has 1 N–H and O–H groups in total. The summed E-state index contributed by atoms with van der Waals surface area (Å²) in [5.41, 5.74) is 1.92. The standard InChI is InChI=1S/C22H20N8O2/c31-22(18-13-19(32-28-18)16-3-1-7-23-14-16)30-11-9-29(10-12-30)21-6-5-20(26-27-21)25-17-4-2-8-24-15-17/h1-8,13-15H,9-12H2,(H,25,26). The van der Waals surface area contributed by atoms with E-state index in [1.165, 1.54) is 0 Å². The maximum absolute atomic E-state index is 12.8. The smallest absolute Gasteiger partial charge is 0.276 e. The van der Waals surface area contributed by atoms with E-state index in [-0.39, 0.29) is 5.91 Å². The fourth-order valence-corrected chi connectivity index (χ4v) is 3.47. The number of piperazine rings is 1. The molecule has 0 aliphatic carbocycles. The molecule has 10 heteroatoms. The molecule has 5 rings (SSSR count). The summed E-state index contributed by atoms with van der Waals surface area (Å²) in [5, 5.41) is 15.7. The average molecular weight is 428 g/mol. The Kier molecular flexibility index (Phi) is 5.39. The van der Waals surface area contributed by atoms with Crippen molar-refractivity contribution >= 4 is 23.2 Å². The van der Waals surface area contributed by atoms with Crippen LogP contribution in [-0.2, 0) is 0 Å². The molecule has 0 bridgehead atoms. The number of carbonyl (C=O) groups excluding carboxylic acids is 1. The van der Waals surface area contributed by atoms with Gasteiger partial charge in [0.05, 0.1) is 11.9 Å². The van der Waals surface area contributed by atoms with Crippen molar-refractivity contribution < 1.29 is 9.32 Å². The van der Waals surface area contributed by atoms with Crippen molar-refractivity contribution in [2.45, 2.75) is 0 Å². The Bertz CT molecular complexity index is 1170. The van der Waals surface area contributed by atoms with Gasteiger partial charge in [0, 0.05) is 56.4 Å². The zero-order valence-corrected chi connectivity index (χ0v) is 17.1. The lowest BCUT2D eigenvalue weighted by Gasteiger charge is -2.34. The highest BCUT2D eigenvalue weighted by Crippen LogP contribution is 2.21. The molecule has 0 atom stereocenters. The molecular weight excluding hydrogens is 408 g/mol. The highest BCUT2D eigenvalue weighted by Gasteiger charge is 2.25. The second kappa shape index (κ2) is 8.80. The van der Waals surface area contributed by atoms with Crippen LogP contribution in [0.2, 0.25) is 0 Å². The van der Waals surface area contributed by atoms with Crippen LogP contribution in [0.4, 0.5) is 17.3 Å². The molecule has 4 aromatic rings. The highest BCUT2D eigenvalue weighted by atomic mass is 16.5. The maximum atomic E-state index is 12.8. The van der Waals surface area contributed by atoms with Crippen LogP contribution in [0, 0.1) is 0 Å². The summed E-state index contributed by atoms with van der Waals surface area (Å²) >= 11 is 0. The predicted molar refractivity (Wildman–Crippen MR) is 117 cm³/mol. The van der Waals surface area contributed by atoms with E-state index in [9.17, 15) is 4.79 Å². The van der Waals surface area contributed by atoms with E-state index in [0.29, 0.717) is 43.5 Å². The van der Waals surface area contributed by atoms with E-state index in [2.05, 4.69) is 35.5 Å². The molecule has 160 valence electrons. The molecule has 5 heterocycles. The number of amides is 1. The number of nitrogens with one attached hydrogen (secondary N) is 1. The minimum atomic E-state index is -0.148. The lowest BCUT2D eigenvalue weighted by Crippen LogP contribution is -2.49. The SMILES string of the molecule is O=C(c1cc(-c2cccnc2)on1)N1CCN(c2ccc(Nc3cccnc3)nn2)CC1. The molecule has 0 aromatic carbocycles. The van der Waals surface area contributed by atoms with Crippen LogP contribution in [0.15, 0.2) is 71.8 Å². The van der Waals surface area contributed by atoms with Gasteiger partial charge in [-0.15, -0.1) is 10.2 Å². The van der Waals surface area contributed by atoms with Gasteiger partial charge in [-0.1, -0.05) is 5.16 Å². The molecule has 0 unspecified atom stereocenters. The second-order valence-corrected chi connectivity index (χ2v) is 7.24. The second-order valence-electron chi connectivity index (χ2n) is 7.24. The lowest BCUT2D eigenvalue weighted by molar-refractivity contribution is 0.0736. The third-order valence-electron chi connectivity index (χ3n) is 5.15. The van der Waals surface area contributed by atoms with Crippen LogP contribution in [0.5, 0.6) is 0 Å². The fraction of sp³-hybridized carbons (Fsp3) is 0.182. The van der Waals surface area contributed by atoms with Crippen LogP contribution >= 0.6 is 0 Å². The first kappa shape index (κ1) is 19.6. The summed E-state index contributed by atoms with van der Waals surface area (Å²) in [7, 11) is 0. The first-order valence-electron chi connectivity index (χ1n) is 10.2. The molecular formula is C22H20N8O2. The van der Waals surface area contributed by atoms with Crippen molar-refractivity contribution in [1.82, 2.24) is 30.2 Å². The normalized spacial score (nSPS) is 13.8. The topological polar surface area (TPSA) is 113 Å². The van der Waals surface area contributed by atoms with Gasteiger partial charge in [0.15, 0.2) is 23.1 Å². The number of hydrogen-bond acceptors (Lipinski definition) is 9. The quantitative estimate of drug-likeness (QED) is 0.512. The zero-order chi connectivity index (χ0) is 21.8. The van der Waals surface area contributed by atoms with Crippen molar-refractivity contribution in [3.63, 3.8) is 0 Å². The van der Waals surface area contributed by atoms with Crippen LogP contribution in [0.25, 0.3) is 11.3 Å². The van der Waals surface area contributed by atoms with Crippen molar-refractivity contribution in [2.24, 2.45) is 0 Å². The number of anilines is 3. The maximum Gasteiger partial charge on any atom is 0.276 e. The molecule has 0 spiro atoms. The minimum absolute atomic E-state index is 0.148. The summed E-state index contributed by atoms with van der Waals surface area (Å²) in [6, 6.07) is 12.9. The Balaban J connectivity index is 1.18. The van der Waals surface area contributed by atoms with E-state index in [1.54, 1.807) is 35.8 Å². The molecule has 4 aromatic heterocycles. The van der Waals surface area contributed by atoms with E-state index < -0.39 is 0 Å². The highest BCUT2D eigenvalue weighted by molar-refractivity contribution is 5.93. The van der Waals surface area contributed by atoms with E-state index in [0.717, 1.165) is 17.1 Å². The zero-order valence-electron chi connectivity index (χ0n) is 17.1. The third kappa shape index (κ3) is 4.24. The van der Waals surface area contributed by atoms with Crippen LogP contribution in [0.3, 0.4) is 0 Å². The van der Waals surface area contributed by atoms with Crippen molar-refractivity contribution in [3.05, 3.63) is 72.9 Å². The minimum Gasteiger partial charge on any atom is -0.355 e. The summed E-state index contributed by atoms with van der Waals surface area (Å²) in [5.74, 6) is 1.79. The molecule has 1 saturated heterocycles. The number of nitrogens with zero attached hydrogens (tertiary/aromatic N) is 7. The number of carbonyl (C=O) groups is 1. The molecule has 0 radical (unpaired) electrons. The van der Waals surface area contributed by atoms with Crippen molar-refractivity contribution in [2.75, 3.05) is 36.4 Å². The van der Waals surface area contributed by atoms with Crippen molar-refractivity contribution in [3.8, 4) is 11.3 Å². The van der Waals surface area contributed by atoms with E-state index in [4.69, 9.17) is 4.52 Å². The largest absolute Gasteiger partial charge is 0.355 e. The Morgan fingerprint density at radius 3 is 2.44 bits per heavy atom. The molecule has 1 aliphatic heterocycles. The molecule has 10 nitrogen and oxygen atoms in total. The third-order valence-corrected chi connectivity index (χ3v) is 5.15. The van der Waals surface area contributed by atoms with Gasteiger partial charge in [0.1, 0.15) is 0 Å². The summed E-state index contributed by atoms with van der Waals surface area (Å²) in [6.45, 7) is 2.43. The van der Waals surface area contributed by atoms with Gasteiger partial charge in [0.2, 0.25) is 0 Å². The molecule has 1 fully saturated rings. The monoisotopic (exact) mass is 428 g/mol. The first-order chi connectivity index (χ1) is 15.8. The van der Waals surface area contributed by atoms with E-state index in [1.807, 2.05) is 36.4 Å². The van der Waals surface area contributed by atoms with Gasteiger partial charge in [-0.25, -0.2) is 0 Å². The Morgan fingerprint density at radius 2 is 1.75 bits per heavy atom. The summed E-state index contributed by atoms with van der Waals surface area (Å²) < 4.78 is 5.33. The Morgan fingerprint density at radius 1 is 0.938 bits per heavy atom. The molecule has 0 saturated carbocycles. The summed E-state index contributed by atoms with van der Waals surface area (Å²) in [6.07, 6.45) is 6.79. The Labute approximate surface area is 183 Å². The number of pyridine rings is 2. The first-order valence-corrected chi connectivity index (χ1v) is 10.2. The average Bonchev–Trinajstić information content (AvgIpc) is 3.36. The van der Waals surface area contributed by atoms with Gasteiger partial charge in [-0.3, -0.25) is 14.8 Å². The lowest BCUT2D eigenvalue weighted by atomic mass is 10.2. The number of hydrogen-bond donors (Lipinski definition) is 1. The van der Waals surface area contributed by atoms with Crippen LogP contribution in [-0.4, -0.2) is 62.3 Å². The summed E-state index contributed by atoms with van der Waals surface area (Å²) in [4.78, 5) is 24.8. The van der Waals surface area contributed by atoms with Crippen molar-refractivity contribution in [1.29, 1.82) is 0 Å². The predicted octanol–water partition coefficient (Wildman–Crippen LogP) is 2.63. The van der Waals surface area contributed by atoms with Gasteiger partial charge in [-0.05, 0) is 36.4 Å². The molecule has 1 amide bonds. The Hall–Kier alpha value is -4.34. The fourth-order valence-electron chi connectivity index (χ4n) is 3.47. The number of rotatable bonds is 5. The van der Waals surface area contributed by atoms with Crippen LogP contribution < -0.4 is 10.2 Å². The van der Waals surface area contributed by atoms with Gasteiger partial charge < -0.3 is 19.6 Å². The number of aromatic nitrogens is 5. The van der Waals surface area contributed by atoms with Gasteiger partial charge >= 0.3 is 0 Å². The molecule has 1 aliphatic rings. The van der Waals surface area contributed by atoms with Crippen LogP contribution in [0.1, 0.15) is 10.5 Å². The van der Waals surface area contributed by atoms with Gasteiger partial charge in [0.25, 0.3) is 5.91 Å².